The number of rotatable bonds is 2. The van der Waals surface area contributed by atoms with Crippen molar-refractivity contribution in [3.05, 3.63) is 75.3 Å². The third-order valence-corrected chi connectivity index (χ3v) is 6.27. The molecule has 0 amide bonds. The molecule has 0 N–H and O–H groups in total. The van der Waals surface area contributed by atoms with Gasteiger partial charge in [0.25, 0.3) is 0 Å². The number of benzene rings is 2. The Morgan fingerprint density at radius 2 is 1.70 bits per heavy atom. The van der Waals surface area contributed by atoms with Gasteiger partial charge in [-0.15, -0.1) is 11.3 Å². The van der Waals surface area contributed by atoms with Crippen molar-refractivity contribution < 1.29 is 0 Å². The molecule has 4 aromatic rings. The predicted molar refractivity (Wildman–Crippen MR) is 114 cm³/mol. The average molecular weight is 412 g/mol. The van der Waals surface area contributed by atoms with Crippen LogP contribution in [0.1, 0.15) is 11.1 Å². The van der Waals surface area contributed by atoms with Crippen molar-refractivity contribution in [2.45, 2.75) is 13.0 Å². The van der Waals surface area contributed by atoms with Crippen molar-refractivity contribution in [3.8, 4) is 11.1 Å². The topological polar surface area (TPSA) is 29.0 Å². The lowest BCUT2D eigenvalue weighted by Gasteiger charge is -2.30. The summed E-state index contributed by atoms with van der Waals surface area (Å²) in [6, 6.07) is 16.5. The van der Waals surface area contributed by atoms with Gasteiger partial charge in [-0.2, -0.15) is 4.98 Å². The van der Waals surface area contributed by atoms with E-state index in [4.69, 9.17) is 23.2 Å². The van der Waals surface area contributed by atoms with E-state index in [0.717, 1.165) is 51.7 Å². The van der Waals surface area contributed by atoms with Gasteiger partial charge in [-0.25, -0.2) is 4.98 Å². The molecule has 0 fully saturated rings. The number of anilines is 1. The largest absolute Gasteiger partial charge is 0.351 e. The molecular weight excluding hydrogens is 397 g/mol. The van der Waals surface area contributed by atoms with E-state index >= 15 is 0 Å². The van der Waals surface area contributed by atoms with Crippen molar-refractivity contribution in [2.24, 2.45) is 0 Å². The zero-order valence-corrected chi connectivity index (χ0v) is 16.7. The van der Waals surface area contributed by atoms with E-state index in [2.05, 4.69) is 44.5 Å². The second-order valence-electron chi connectivity index (χ2n) is 6.59. The molecule has 0 unspecified atom stereocenters. The number of fused-ring (bicyclic) bond motifs is 2. The van der Waals surface area contributed by atoms with Gasteiger partial charge in [0.15, 0.2) is 0 Å². The van der Waals surface area contributed by atoms with E-state index in [0.29, 0.717) is 5.28 Å². The van der Waals surface area contributed by atoms with Crippen molar-refractivity contribution in [3.63, 3.8) is 0 Å². The summed E-state index contributed by atoms with van der Waals surface area (Å²) in [6.45, 7) is 1.74. The summed E-state index contributed by atoms with van der Waals surface area (Å²) in [4.78, 5) is 12.3. The second kappa shape index (κ2) is 6.79. The zero-order chi connectivity index (χ0) is 18.4. The minimum Gasteiger partial charge on any atom is -0.351 e. The van der Waals surface area contributed by atoms with Crippen LogP contribution in [-0.2, 0) is 13.0 Å². The minimum atomic E-state index is 0.292. The fourth-order valence-electron chi connectivity index (χ4n) is 3.65. The summed E-state index contributed by atoms with van der Waals surface area (Å²) < 4.78 is 0. The molecule has 0 atom stereocenters. The van der Waals surface area contributed by atoms with Crippen LogP contribution in [0.25, 0.3) is 21.3 Å². The van der Waals surface area contributed by atoms with E-state index in [1.165, 1.54) is 11.1 Å². The first-order valence-corrected chi connectivity index (χ1v) is 10.3. The Balaban J connectivity index is 1.66. The normalized spacial score (nSPS) is 13.8. The molecular formula is C21H15Cl2N3S. The van der Waals surface area contributed by atoms with E-state index in [9.17, 15) is 0 Å². The molecule has 1 aliphatic rings. The molecule has 5 rings (SSSR count). The van der Waals surface area contributed by atoms with Crippen LogP contribution in [0.3, 0.4) is 0 Å². The molecule has 1 aliphatic heterocycles. The molecule has 2 aromatic carbocycles. The van der Waals surface area contributed by atoms with E-state index in [1.807, 2.05) is 24.3 Å². The van der Waals surface area contributed by atoms with Crippen LogP contribution >= 0.6 is 34.5 Å². The summed E-state index contributed by atoms with van der Waals surface area (Å²) in [6.07, 6.45) is 1.000. The molecule has 0 spiro atoms. The van der Waals surface area contributed by atoms with Crippen molar-refractivity contribution in [1.29, 1.82) is 0 Å². The Morgan fingerprint density at radius 1 is 0.926 bits per heavy atom. The van der Waals surface area contributed by atoms with Gasteiger partial charge in [0.2, 0.25) is 5.28 Å². The molecule has 3 nitrogen and oxygen atoms in total. The summed E-state index contributed by atoms with van der Waals surface area (Å²) >= 11 is 13.9. The smallest absolute Gasteiger partial charge is 0.225 e. The maximum Gasteiger partial charge on any atom is 0.225 e. The fraction of sp³-hybridized carbons (Fsp3) is 0.143. The highest BCUT2D eigenvalue weighted by Crippen LogP contribution is 2.40. The Hall–Kier alpha value is -2.14. The van der Waals surface area contributed by atoms with E-state index < -0.39 is 0 Å². The Kier molecular flexibility index (Phi) is 4.27. The number of hydrogen-bond donors (Lipinski definition) is 0. The first-order chi connectivity index (χ1) is 13.2. The van der Waals surface area contributed by atoms with Crippen LogP contribution in [0.15, 0.2) is 53.9 Å². The van der Waals surface area contributed by atoms with Gasteiger partial charge in [-0.3, -0.25) is 0 Å². The quantitative estimate of drug-likeness (QED) is 0.366. The Bertz CT molecular complexity index is 1140. The van der Waals surface area contributed by atoms with Crippen LogP contribution in [0.4, 0.5) is 5.82 Å². The Labute approximate surface area is 171 Å². The highest BCUT2D eigenvalue weighted by molar-refractivity contribution is 7.17. The fourth-order valence-corrected chi connectivity index (χ4v) is 4.93. The third-order valence-electron chi connectivity index (χ3n) is 4.97. The molecule has 0 saturated heterocycles. The lowest BCUT2D eigenvalue weighted by Crippen LogP contribution is -2.31. The SMILES string of the molecule is Clc1ccc(-c2csc3nc(Cl)nc(N4CCc5ccccc5C4)c23)cc1. The number of hydrogen-bond acceptors (Lipinski definition) is 4. The molecule has 0 bridgehead atoms. The Morgan fingerprint density at radius 3 is 2.52 bits per heavy atom. The van der Waals surface area contributed by atoms with Crippen molar-refractivity contribution >= 4 is 50.6 Å². The second-order valence-corrected chi connectivity index (χ2v) is 8.23. The van der Waals surface area contributed by atoms with Crippen LogP contribution < -0.4 is 4.90 Å². The van der Waals surface area contributed by atoms with Gasteiger partial charge >= 0.3 is 0 Å². The molecule has 3 heterocycles. The standard InChI is InChI=1S/C21H15Cl2N3S/c22-16-7-5-14(6-8-16)17-12-27-20-18(17)19(24-21(23)25-20)26-10-9-13-3-1-2-4-15(13)11-26/h1-8,12H,9-11H2. The van der Waals surface area contributed by atoms with Gasteiger partial charge in [0.1, 0.15) is 10.6 Å². The number of halogens is 2. The minimum absolute atomic E-state index is 0.292. The van der Waals surface area contributed by atoms with Crippen molar-refractivity contribution in [2.75, 3.05) is 11.4 Å². The molecule has 0 radical (unpaired) electrons. The molecule has 134 valence electrons. The van der Waals surface area contributed by atoms with Gasteiger partial charge in [-0.1, -0.05) is 48.0 Å². The van der Waals surface area contributed by atoms with Gasteiger partial charge < -0.3 is 4.90 Å². The third kappa shape index (κ3) is 3.08. The first kappa shape index (κ1) is 17.0. The van der Waals surface area contributed by atoms with Crippen molar-refractivity contribution in [1.82, 2.24) is 9.97 Å². The average Bonchev–Trinajstić information content (AvgIpc) is 3.11. The summed E-state index contributed by atoms with van der Waals surface area (Å²) in [5.41, 5.74) is 4.98. The number of aromatic nitrogens is 2. The van der Waals surface area contributed by atoms with Crippen LogP contribution in [0.5, 0.6) is 0 Å². The van der Waals surface area contributed by atoms with Crippen LogP contribution in [0.2, 0.25) is 10.3 Å². The molecule has 2 aromatic heterocycles. The maximum atomic E-state index is 6.26. The maximum absolute atomic E-state index is 6.26. The van der Waals surface area contributed by atoms with Crippen LogP contribution in [0, 0.1) is 0 Å². The zero-order valence-electron chi connectivity index (χ0n) is 14.3. The lowest BCUT2D eigenvalue weighted by molar-refractivity contribution is 0.723. The predicted octanol–water partition coefficient (Wildman–Crippen LogP) is 6.23. The highest BCUT2D eigenvalue weighted by atomic mass is 35.5. The molecule has 27 heavy (non-hydrogen) atoms. The monoisotopic (exact) mass is 411 g/mol. The summed E-state index contributed by atoms with van der Waals surface area (Å²) in [7, 11) is 0. The van der Waals surface area contributed by atoms with E-state index in [1.54, 1.807) is 11.3 Å². The number of nitrogens with zero attached hydrogens (tertiary/aromatic N) is 3. The summed E-state index contributed by atoms with van der Waals surface area (Å²) in [5, 5.41) is 4.21. The van der Waals surface area contributed by atoms with Gasteiger partial charge in [-0.05, 0) is 46.8 Å². The molecule has 6 heteroatoms. The van der Waals surface area contributed by atoms with Gasteiger partial charge in [0.05, 0.1) is 5.39 Å². The van der Waals surface area contributed by atoms with Gasteiger partial charge in [0, 0.05) is 29.1 Å². The first-order valence-electron chi connectivity index (χ1n) is 8.71. The lowest BCUT2D eigenvalue weighted by atomic mass is 9.99. The molecule has 0 saturated carbocycles. The van der Waals surface area contributed by atoms with E-state index in [-0.39, 0.29) is 0 Å². The van der Waals surface area contributed by atoms with Crippen LogP contribution in [-0.4, -0.2) is 16.5 Å². The number of thiophene rings is 1. The highest BCUT2D eigenvalue weighted by Gasteiger charge is 2.23. The summed E-state index contributed by atoms with van der Waals surface area (Å²) in [5.74, 6) is 0.908. The molecule has 0 aliphatic carbocycles.